The minimum atomic E-state index is 0.514. The van der Waals surface area contributed by atoms with Gasteiger partial charge in [-0.15, -0.1) is 34.0 Å². The lowest BCUT2D eigenvalue weighted by molar-refractivity contribution is 0.619. The SMILES string of the molecule is CC(C)Cc1ccc2sc3c(-c4ccc(-c5nc6ccccc6o5)cc4)cc(CC(C)C)cc3c2c1.CCC(C)c1ccc2sc3c(-c4ccc(-c5nc6ccccc6o5)cc4)cc(C(C)CC)cc3c2c1.CCCCc1ccc2sc3c(-c4ccc(-c5nc6ccccc6o5)cc4)cc(CCCC)cc3c2c1. The first kappa shape index (κ1) is 71.9. The zero-order chi connectivity index (χ0) is 74.1. The van der Waals surface area contributed by atoms with Crippen molar-refractivity contribution in [3.63, 3.8) is 0 Å². The fourth-order valence-electron chi connectivity index (χ4n) is 15.2. The van der Waals surface area contributed by atoms with Crippen molar-refractivity contribution in [1.82, 2.24) is 15.0 Å². The molecule has 9 heteroatoms. The molecule has 0 aliphatic heterocycles. The van der Waals surface area contributed by atoms with Crippen molar-refractivity contribution in [2.24, 2.45) is 11.8 Å². The zero-order valence-corrected chi connectivity index (χ0v) is 66.1. The van der Waals surface area contributed by atoms with E-state index in [-0.39, 0.29) is 0 Å². The molecule has 0 saturated carbocycles. The third-order valence-electron chi connectivity index (χ3n) is 21.5. The fourth-order valence-corrected chi connectivity index (χ4v) is 18.8. The number of hydrogen-bond donors (Lipinski definition) is 0. The lowest BCUT2D eigenvalue weighted by atomic mass is 9.91. The Hall–Kier alpha value is -10.3. The van der Waals surface area contributed by atoms with Gasteiger partial charge in [0.1, 0.15) is 16.6 Å². The van der Waals surface area contributed by atoms with Crippen LogP contribution < -0.4 is 0 Å². The molecule has 540 valence electrons. The molecule has 0 saturated heterocycles. The second-order valence-electron chi connectivity index (χ2n) is 30.4. The van der Waals surface area contributed by atoms with Gasteiger partial charge in [-0.3, -0.25) is 0 Å². The normalized spacial score (nSPS) is 12.4. The van der Waals surface area contributed by atoms with Crippen molar-refractivity contribution >= 4 is 128 Å². The number of thiophene rings is 3. The van der Waals surface area contributed by atoms with Crippen LogP contribution in [0.3, 0.4) is 0 Å². The van der Waals surface area contributed by atoms with E-state index in [1.165, 1.54) is 153 Å². The van der Waals surface area contributed by atoms with Gasteiger partial charge in [-0.2, -0.15) is 0 Å². The maximum atomic E-state index is 6.01. The van der Waals surface area contributed by atoms with Crippen LogP contribution in [0.25, 0.3) is 162 Å². The highest BCUT2D eigenvalue weighted by Crippen LogP contribution is 2.47. The Balaban J connectivity index is 0.000000124. The van der Waals surface area contributed by atoms with E-state index >= 15 is 0 Å². The molecule has 0 spiro atoms. The Kier molecular flexibility index (Phi) is 21.0. The number of aromatic nitrogens is 3. The molecule has 2 unspecified atom stereocenters. The molecule has 6 nitrogen and oxygen atoms in total. The number of unbranched alkanes of at least 4 members (excludes halogenated alkanes) is 2. The minimum Gasteiger partial charge on any atom is -0.436 e. The molecule has 0 aliphatic carbocycles. The average molecular weight is 1470 g/mol. The maximum absolute atomic E-state index is 6.01. The Morgan fingerprint density at radius 2 is 0.648 bits per heavy atom. The number of nitrogens with zero attached hydrogens (tertiary/aromatic N) is 3. The van der Waals surface area contributed by atoms with Crippen molar-refractivity contribution in [3.05, 3.63) is 270 Å². The summed E-state index contributed by atoms with van der Waals surface area (Å²) in [6, 6.07) is 85.7. The van der Waals surface area contributed by atoms with Gasteiger partial charge in [0.25, 0.3) is 0 Å². The van der Waals surface area contributed by atoms with Gasteiger partial charge >= 0.3 is 0 Å². The number of para-hydroxylation sites is 6. The van der Waals surface area contributed by atoms with Crippen LogP contribution in [0.4, 0.5) is 0 Å². The van der Waals surface area contributed by atoms with Crippen LogP contribution in [0.5, 0.6) is 0 Å². The van der Waals surface area contributed by atoms with Crippen molar-refractivity contribution in [2.45, 2.75) is 145 Å². The first-order chi connectivity index (χ1) is 52.7. The molecule has 6 heterocycles. The summed E-state index contributed by atoms with van der Waals surface area (Å²) in [5, 5.41) is 8.37. The second kappa shape index (κ2) is 31.5. The van der Waals surface area contributed by atoms with Crippen LogP contribution in [0.1, 0.15) is 153 Å². The largest absolute Gasteiger partial charge is 0.436 e. The Morgan fingerprint density at radius 1 is 0.306 bits per heavy atom. The minimum absolute atomic E-state index is 0.514. The lowest BCUT2D eigenvalue weighted by Crippen LogP contribution is -1.95. The standard InChI is InChI=1S/3C33H31NOS/c1-20(2)15-22-9-14-31-27(17-22)28-19-23(16-21(3)4)18-26(32(28)36-31)24-10-12-25(13-11-24)33-34-29-7-5-6-8-30(29)35-33;1-5-20(3)24-15-16-31-27(17-24)28-19-25(21(4)6-2)18-26(32(28)36-31)22-11-13-23(14-12-22)33-34-29-9-7-8-10-30(29)35-33;1-3-5-9-22-13-18-31-27(19-22)28-21-23(10-6-4-2)20-26(32(28)36-31)24-14-16-25(17-15-24)33-34-29-11-7-8-12-30(29)35-33/h5-14,17-21H,15-16H2,1-4H3;7-21H,5-6H2,1-4H3;7-8,11-21H,3-6,9-10H2,1-2H3. The smallest absolute Gasteiger partial charge is 0.227 e. The summed E-state index contributed by atoms with van der Waals surface area (Å²) in [6.45, 7) is 22.9. The van der Waals surface area contributed by atoms with Gasteiger partial charge in [-0.25, -0.2) is 15.0 Å². The van der Waals surface area contributed by atoms with E-state index in [0.29, 0.717) is 41.3 Å². The van der Waals surface area contributed by atoms with Crippen molar-refractivity contribution in [2.75, 3.05) is 0 Å². The molecular weight excluding hydrogens is 1380 g/mol. The van der Waals surface area contributed by atoms with E-state index in [1.807, 2.05) is 107 Å². The Bertz CT molecular complexity index is 6140. The summed E-state index contributed by atoms with van der Waals surface area (Å²) < 4.78 is 26.2. The van der Waals surface area contributed by atoms with E-state index in [0.717, 1.165) is 88.5 Å². The van der Waals surface area contributed by atoms with Crippen LogP contribution in [0.15, 0.2) is 250 Å². The first-order valence-electron chi connectivity index (χ1n) is 39.1. The number of aryl methyl sites for hydroxylation is 2. The van der Waals surface area contributed by atoms with E-state index in [4.69, 9.17) is 13.3 Å². The van der Waals surface area contributed by atoms with E-state index < -0.39 is 0 Å². The molecule has 0 bridgehead atoms. The fraction of sp³-hybridized carbons (Fsp3) is 0.242. The lowest BCUT2D eigenvalue weighted by Gasteiger charge is -2.13. The zero-order valence-electron chi connectivity index (χ0n) is 63.7. The number of rotatable bonds is 20. The summed E-state index contributed by atoms with van der Waals surface area (Å²) in [6.07, 6.45) is 11.6. The molecule has 6 aromatic heterocycles. The number of fused-ring (bicyclic) bond motifs is 12. The van der Waals surface area contributed by atoms with Gasteiger partial charge in [0.05, 0.1) is 0 Å². The quantitative estimate of drug-likeness (QED) is 0.0757. The average Bonchev–Trinajstić information content (AvgIpc) is 1.59. The van der Waals surface area contributed by atoms with Crippen molar-refractivity contribution in [1.29, 1.82) is 0 Å². The molecule has 108 heavy (non-hydrogen) atoms. The number of hydrogen-bond acceptors (Lipinski definition) is 9. The van der Waals surface area contributed by atoms with Gasteiger partial charge in [0.15, 0.2) is 16.7 Å². The summed E-state index contributed by atoms with van der Waals surface area (Å²) >= 11 is 5.74. The molecule has 0 N–H and O–H groups in total. The van der Waals surface area contributed by atoms with Crippen molar-refractivity contribution < 1.29 is 13.3 Å². The summed E-state index contributed by atoms with van der Waals surface area (Å²) in [4.78, 5) is 14.0. The summed E-state index contributed by atoms with van der Waals surface area (Å²) in [5.74, 6) is 4.35. The molecule has 2 atom stereocenters. The van der Waals surface area contributed by atoms with Crippen LogP contribution >= 0.6 is 34.0 Å². The molecule has 18 aromatic rings. The van der Waals surface area contributed by atoms with E-state index in [9.17, 15) is 0 Å². The molecule has 12 aromatic carbocycles. The number of benzene rings is 12. The molecule has 18 rings (SSSR count). The maximum Gasteiger partial charge on any atom is 0.227 e. The van der Waals surface area contributed by atoms with Gasteiger partial charge in [-0.05, 0) is 287 Å². The monoisotopic (exact) mass is 1470 g/mol. The highest BCUT2D eigenvalue weighted by Gasteiger charge is 2.21. The van der Waals surface area contributed by atoms with E-state index in [1.54, 1.807) is 0 Å². The molecule has 0 amide bonds. The molecule has 0 fully saturated rings. The Labute approximate surface area is 646 Å². The Morgan fingerprint density at radius 3 is 1.09 bits per heavy atom. The highest BCUT2D eigenvalue weighted by molar-refractivity contribution is 7.27. The van der Waals surface area contributed by atoms with Crippen LogP contribution in [-0.4, -0.2) is 15.0 Å². The molecule has 0 aliphatic rings. The van der Waals surface area contributed by atoms with Gasteiger partial charge in [0, 0.05) is 77.2 Å². The topological polar surface area (TPSA) is 78.1 Å². The number of oxazole rings is 3. The third-order valence-corrected chi connectivity index (χ3v) is 25.2. The van der Waals surface area contributed by atoms with Gasteiger partial charge < -0.3 is 13.3 Å². The van der Waals surface area contributed by atoms with Crippen LogP contribution in [-0.2, 0) is 25.7 Å². The molecule has 0 radical (unpaired) electrons. The predicted octanol–water partition coefficient (Wildman–Crippen LogP) is 30.7. The van der Waals surface area contributed by atoms with E-state index in [2.05, 4.69) is 248 Å². The van der Waals surface area contributed by atoms with Gasteiger partial charge in [-0.1, -0.05) is 173 Å². The first-order valence-corrected chi connectivity index (χ1v) is 41.5. The predicted molar refractivity (Wildman–Crippen MR) is 465 cm³/mol. The van der Waals surface area contributed by atoms with Crippen LogP contribution in [0, 0.1) is 11.8 Å². The van der Waals surface area contributed by atoms with Crippen molar-refractivity contribution in [3.8, 4) is 67.7 Å². The van der Waals surface area contributed by atoms with Crippen LogP contribution in [0.2, 0.25) is 0 Å². The molecular formula is C99H93N3O3S3. The van der Waals surface area contributed by atoms with Gasteiger partial charge in [0.2, 0.25) is 17.7 Å². The second-order valence-corrected chi connectivity index (χ2v) is 33.6. The third kappa shape index (κ3) is 14.9. The summed E-state index contributed by atoms with van der Waals surface area (Å²) in [7, 11) is 0. The summed E-state index contributed by atoms with van der Waals surface area (Å²) in [5.41, 5.74) is 24.4. The highest BCUT2D eigenvalue weighted by atomic mass is 32.1.